The second kappa shape index (κ2) is 21.5. The molecule has 0 unspecified atom stereocenters. The zero-order valence-electron chi connectivity index (χ0n) is 21.9. The Labute approximate surface area is 198 Å². The summed E-state index contributed by atoms with van der Waals surface area (Å²) in [5.41, 5.74) is 1.08. The Bertz CT molecular complexity index is 508. The average Bonchev–Trinajstić information content (AvgIpc) is 2.76. The van der Waals surface area contributed by atoms with Crippen molar-refractivity contribution in [3.8, 4) is 0 Å². The first-order chi connectivity index (χ1) is 15.5. The van der Waals surface area contributed by atoms with Gasteiger partial charge in [0.1, 0.15) is 0 Å². The third kappa shape index (κ3) is 16.3. The van der Waals surface area contributed by atoms with Gasteiger partial charge < -0.3 is 9.47 Å². The molecule has 0 saturated heterocycles. The molecule has 0 bridgehead atoms. The minimum Gasteiger partial charge on any atom is -0.462 e. The molecule has 0 aliphatic rings. The Morgan fingerprint density at radius 2 is 0.969 bits per heavy atom. The summed E-state index contributed by atoms with van der Waals surface area (Å²) in [5.74, 6) is -0.372. The van der Waals surface area contributed by atoms with Crippen molar-refractivity contribution in [2.24, 2.45) is 5.92 Å². The zero-order chi connectivity index (χ0) is 24.0. The Kier molecular flexibility index (Phi) is 20.6. The molecule has 0 radical (unpaired) electrons. The molecule has 0 rings (SSSR count). The van der Waals surface area contributed by atoms with Gasteiger partial charge in [0, 0.05) is 11.1 Å². The van der Waals surface area contributed by atoms with E-state index in [1.54, 1.807) is 0 Å². The standard InChI is InChI=1S/C28H52O4/c1-6-9-12-14-16-18-21-31-27(29)25(20-11-8-3)26(23-24(4)5)28(30)32-22-19-17-15-13-10-7-2/h24H,6-23H2,1-5H3. The van der Waals surface area contributed by atoms with Gasteiger partial charge in [-0.15, -0.1) is 0 Å². The molecule has 0 heterocycles. The molecule has 4 heteroatoms. The minimum absolute atomic E-state index is 0.273. The lowest BCUT2D eigenvalue weighted by Crippen LogP contribution is -2.19. The fourth-order valence-electron chi connectivity index (χ4n) is 3.74. The molecule has 0 aromatic rings. The first-order valence-corrected chi connectivity index (χ1v) is 13.5. The van der Waals surface area contributed by atoms with Gasteiger partial charge in [-0.3, -0.25) is 0 Å². The Hall–Kier alpha value is -1.32. The van der Waals surface area contributed by atoms with E-state index in [1.165, 1.54) is 51.4 Å². The molecule has 0 fully saturated rings. The Morgan fingerprint density at radius 3 is 1.41 bits per heavy atom. The predicted octanol–water partition coefficient (Wildman–Crippen LogP) is 8.33. The average molecular weight is 453 g/mol. The highest BCUT2D eigenvalue weighted by Gasteiger charge is 2.24. The molecule has 4 nitrogen and oxygen atoms in total. The van der Waals surface area contributed by atoms with Crippen LogP contribution in [0.4, 0.5) is 0 Å². The fourth-order valence-corrected chi connectivity index (χ4v) is 3.74. The second-order valence-corrected chi connectivity index (χ2v) is 9.47. The maximum atomic E-state index is 12.9. The van der Waals surface area contributed by atoms with Crippen molar-refractivity contribution in [2.45, 2.75) is 137 Å². The van der Waals surface area contributed by atoms with Crippen LogP contribution >= 0.6 is 0 Å². The van der Waals surface area contributed by atoms with Crippen LogP contribution in [-0.2, 0) is 19.1 Å². The molecule has 0 aromatic carbocycles. The molecular formula is C28H52O4. The van der Waals surface area contributed by atoms with E-state index in [0.717, 1.165) is 38.5 Å². The number of carbonyl (C=O) groups excluding carboxylic acids is 2. The second-order valence-electron chi connectivity index (χ2n) is 9.47. The number of esters is 2. The van der Waals surface area contributed by atoms with Crippen LogP contribution in [0.5, 0.6) is 0 Å². The van der Waals surface area contributed by atoms with Crippen molar-refractivity contribution < 1.29 is 19.1 Å². The van der Waals surface area contributed by atoms with Crippen molar-refractivity contribution in [2.75, 3.05) is 13.2 Å². The molecule has 188 valence electrons. The molecule has 0 N–H and O–H groups in total. The van der Waals surface area contributed by atoms with Gasteiger partial charge in [-0.25, -0.2) is 9.59 Å². The molecule has 0 aromatic heterocycles. The largest absolute Gasteiger partial charge is 0.462 e. The summed E-state index contributed by atoms with van der Waals surface area (Å²) >= 11 is 0. The quantitative estimate of drug-likeness (QED) is 0.0997. The maximum absolute atomic E-state index is 12.9. The molecule has 0 aliphatic carbocycles. The summed E-state index contributed by atoms with van der Waals surface area (Å²) in [5, 5.41) is 0. The normalized spacial score (nSPS) is 12.1. The van der Waals surface area contributed by atoms with Crippen LogP contribution in [0, 0.1) is 5.92 Å². The maximum Gasteiger partial charge on any atom is 0.334 e. The van der Waals surface area contributed by atoms with Crippen LogP contribution in [0.3, 0.4) is 0 Å². The van der Waals surface area contributed by atoms with Gasteiger partial charge in [0.15, 0.2) is 0 Å². The number of carbonyl (C=O) groups is 2. The molecule has 0 atom stereocenters. The number of unbranched alkanes of at least 4 members (excludes halogenated alkanes) is 11. The lowest BCUT2D eigenvalue weighted by Gasteiger charge is -2.16. The summed E-state index contributed by atoms with van der Waals surface area (Å²) in [6.07, 6.45) is 16.8. The summed E-state index contributed by atoms with van der Waals surface area (Å²) in [7, 11) is 0. The monoisotopic (exact) mass is 452 g/mol. The molecular weight excluding hydrogens is 400 g/mol. The molecule has 0 aliphatic heterocycles. The number of hydrogen-bond acceptors (Lipinski definition) is 4. The third-order valence-electron chi connectivity index (χ3n) is 5.71. The Morgan fingerprint density at radius 1 is 0.562 bits per heavy atom. The highest BCUT2D eigenvalue weighted by Crippen LogP contribution is 2.23. The van der Waals surface area contributed by atoms with Gasteiger partial charge in [-0.1, -0.05) is 105 Å². The molecule has 0 spiro atoms. The van der Waals surface area contributed by atoms with Crippen LogP contribution < -0.4 is 0 Å². The van der Waals surface area contributed by atoms with Crippen molar-refractivity contribution in [3.63, 3.8) is 0 Å². The van der Waals surface area contributed by atoms with E-state index in [9.17, 15) is 9.59 Å². The van der Waals surface area contributed by atoms with E-state index in [4.69, 9.17) is 9.47 Å². The minimum atomic E-state index is -0.324. The van der Waals surface area contributed by atoms with E-state index >= 15 is 0 Å². The predicted molar refractivity (Wildman–Crippen MR) is 135 cm³/mol. The van der Waals surface area contributed by atoms with Crippen molar-refractivity contribution in [3.05, 3.63) is 11.1 Å². The first kappa shape index (κ1) is 30.7. The molecule has 0 amide bonds. The summed E-state index contributed by atoms with van der Waals surface area (Å²) in [6.45, 7) is 11.5. The Balaban J connectivity index is 4.91. The topological polar surface area (TPSA) is 52.6 Å². The molecule has 0 saturated carbocycles. The van der Waals surface area contributed by atoms with Crippen molar-refractivity contribution in [1.82, 2.24) is 0 Å². The lowest BCUT2D eigenvalue weighted by atomic mass is 9.95. The molecule has 32 heavy (non-hydrogen) atoms. The van der Waals surface area contributed by atoms with E-state index in [-0.39, 0.29) is 17.9 Å². The van der Waals surface area contributed by atoms with Crippen LogP contribution in [-0.4, -0.2) is 25.2 Å². The summed E-state index contributed by atoms with van der Waals surface area (Å²) in [6, 6.07) is 0. The van der Waals surface area contributed by atoms with Gasteiger partial charge in [0.2, 0.25) is 0 Å². The highest BCUT2D eigenvalue weighted by molar-refractivity contribution is 6.00. The van der Waals surface area contributed by atoms with Crippen LogP contribution in [0.1, 0.15) is 137 Å². The van der Waals surface area contributed by atoms with Gasteiger partial charge in [0.05, 0.1) is 13.2 Å². The van der Waals surface area contributed by atoms with Crippen LogP contribution in [0.2, 0.25) is 0 Å². The smallest absolute Gasteiger partial charge is 0.334 e. The number of rotatable bonds is 21. The highest BCUT2D eigenvalue weighted by atomic mass is 16.5. The van der Waals surface area contributed by atoms with Crippen molar-refractivity contribution >= 4 is 11.9 Å². The van der Waals surface area contributed by atoms with E-state index in [0.29, 0.717) is 37.2 Å². The van der Waals surface area contributed by atoms with Gasteiger partial charge in [-0.05, 0) is 38.0 Å². The SMILES string of the molecule is CCCCCCCCOC(=O)C(CCCC)=C(CC(C)C)C(=O)OCCCCCCCC. The summed E-state index contributed by atoms with van der Waals surface area (Å²) in [4.78, 5) is 25.8. The van der Waals surface area contributed by atoms with E-state index in [2.05, 4.69) is 34.6 Å². The zero-order valence-corrected chi connectivity index (χ0v) is 21.9. The van der Waals surface area contributed by atoms with E-state index < -0.39 is 0 Å². The van der Waals surface area contributed by atoms with Crippen LogP contribution in [0.25, 0.3) is 0 Å². The fraction of sp³-hybridized carbons (Fsp3) is 0.857. The van der Waals surface area contributed by atoms with Gasteiger partial charge >= 0.3 is 11.9 Å². The number of ether oxygens (including phenoxy) is 2. The first-order valence-electron chi connectivity index (χ1n) is 13.5. The van der Waals surface area contributed by atoms with Gasteiger partial charge in [-0.2, -0.15) is 0 Å². The summed E-state index contributed by atoms with van der Waals surface area (Å²) < 4.78 is 11.2. The number of hydrogen-bond donors (Lipinski definition) is 0. The van der Waals surface area contributed by atoms with E-state index in [1.807, 2.05) is 0 Å². The lowest BCUT2D eigenvalue weighted by molar-refractivity contribution is -0.142. The van der Waals surface area contributed by atoms with Crippen LogP contribution in [0.15, 0.2) is 11.1 Å². The van der Waals surface area contributed by atoms with Gasteiger partial charge in [0.25, 0.3) is 0 Å². The third-order valence-corrected chi connectivity index (χ3v) is 5.71. The van der Waals surface area contributed by atoms with Crippen molar-refractivity contribution in [1.29, 1.82) is 0 Å².